The van der Waals surface area contributed by atoms with Gasteiger partial charge in [0.1, 0.15) is 5.82 Å². The number of amides is 2. The maximum atomic E-state index is 13.2. The summed E-state index contributed by atoms with van der Waals surface area (Å²) in [5, 5.41) is 5.27. The van der Waals surface area contributed by atoms with Gasteiger partial charge >= 0.3 is 12.2 Å². The van der Waals surface area contributed by atoms with E-state index in [-0.39, 0.29) is 31.5 Å². The van der Waals surface area contributed by atoms with Crippen molar-refractivity contribution in [2.75, 3.05) is 35.3 Å². The number of hydrogen-bond donors (Lipinski definition) is 2. The Kier molecular flexibility index (Phi) is 9.36. The van der Waals surface area contributed by atoms with Crippen LogP contribution in [0.5, 0.6) is 0 Å². The van der Waals surface area contributed by atoms with Crippen molar-refractivity contribution in [1.82, 2.24) is 0 Å². The molecule has 0 aliphatic carbocycles. The van der Waals surface area contributed by atoms with Gasteiger partial charge in [-0.15, -0.1) is 6.42 Å². The van der Waals surface area contributed by atoms with Crippen LogP contribution in [0.3, 0.4) is 0 Å². The zero-order valence-corrected chi connectivity index (χ0v) is 18.5. The molecule has 0 fully saturated rings. The fourth-order valence-electron chi connectivity index (χ4n) is 2.77. The zero-order chi connectivity index (χ0) is 23.5. The molecular formula is C24H28FN3O4. The molecule has 0 atom stereocenters. The first-order chi connectivity index (χ1) is 15.3. The Hall–Kier alpha value is -3.73. The highest BCUT2D eigenvalue weighted by atomic mass is 19.1. The summed E-state index contributed by atoms with van der Waals surface area (Å²) in [6.07, 6.45) is 4.25. The second-order valence-corrected chi connectivity index (χ2v) is 7.38. The standard InChI is InChI=1S/C24H28FN3O4/c1-5-13-28(15-18-7-9-19(25)10-8-18)20-11-12-21(26-23(29)31-6-2)22(14-20)27-24(30)32-16-17(3)4/h1,7-12,14,17H,6,13,15-16H2,2-4H3,(H,26,29)(H,27,30). The molecule has 0 saturated heterocycles. The molecule has 2 amide bonds. The lowest BCUT2D eigenvalue weighted by Gasteiger charge is -2.24. The second-order valence-electron chi connectivity index (χ2n) is 7.38. The summed E-state index contributed by atoms with van der Waals surface area (Å²) in [5.74, 6) is 2.46. The number of nitrogens with one attached hydrogen (secondary N) is 2. The van der Waals surface area contributed by atoms with Crippen LogP contribution in [0, 0.1) is 24.1 Å². The van der Waals surface area contributed by atoms with E-state index >= 15 is 0 Å². The van der Waals surface area contributed by atoms with Crippen LogP contribution in [0.2, 0.25) is 0 Å². The predicted octanol–water partition coefficient (Wildman–Crippen LogP) is 5.24. The van der Waals surface area contributed by atoms with Crippen LogP contribution in [0.4, 0.5) is 31.0 Å². The second kappa shape index (κ2) is 12.2. The SMILES string of the molecule is C#CCN(Cc1ccc(F)cc1)c1ccc(NC(=O)OCC)c(NC(=O)OCC(C)C)c1. The lowest BCUT2D eigenvalue weighted by molar-refractivity contribution is 0.147. The summed E-state index contributed by atoms with van der Waals surface area (Å²) in [4.78, 5) is 26.0. The molecule has 32 heavy (non-hydrogen) atoms. The molecular weight excluding hydrogens is 413 g/mol. The topological polar surface area (TPSA) is 79.9 Å². The minimum Gasteiger partial charge on any atom is -0.450 e. The molecule has 2 aromatic carbocycles. The van der Waals surface area contributed by atoms with Gasteiger partial charge in [0.2, 0.25) is 0 Å². The van der Waals surface area contributed by atoms with Crippen molar-refractivity contribution < 1.29 is 23.5 Å². The third kappa shape index (κ3) is 7.84. The number of nitrogens with zero attached hydrogens (tertiary/aromatic N) is 1. The third-order valence-electron chi connectivity index (χ3n) is 4.23. The number of anilines is 3. The Bertz CT molecular complexity index is 955. The molecule has 2 N–H and O–H groups in total. The fourth-order valence-corrected chi connectivity index (χ4v) is 2.77. The number of hydrogen-bond acceptors (Lipinski definition) is 5. The first kappa shape index (κ1) is 24.5. The molecule has 7 nitrogen and oxygen atoms in total. The van der Waals surface area contributed by atoms with Crippen molar-refractivity contribution in [3.05, 3.63) is 53.8 Å². The average Bonchev–Trinajstić information content (AvgIpc) is 2.75. The number of halogens is 1. The van der Waals surface area contributed by atoms with Crippen LogP contribution in [0.15, 0.2) is 42.5 Å². The van der Waals surface area contributed by atoms with Crippen LogP contribution in [0.1, 0.15) is 26.3 Å². The molecule has 0 bridgehead atoms. The maximum Gasteiger partial charge on any atom is 0.411 e. The van der Waals surface area contributed by atoms with Gasteiger partial charge in [-0.05, 0) is 48.7 Å². The van der Waals surface area contributed by atoms with E-state index in [2.05, 4.69) is 16.6 Å². The predicted molar refractivity (Wildman–Crippen MR) is 123 cm³/mol. The van der Waals surface area contributed by atoms with E-state index in [0.717, 1.165) is 5.56 Å². The molecule has 0 unspecified atom stereocenters. The summed E-state index contributed by atoms with van der Waals surface area (Å²) in [6.45, 7) is 6.70. The highest BCUT2D eigenvalue weighted by molar-refractivity contribution is 5.96. The Morgan fingerprint density at radius 2 is 1.72 bits per heavy atom. The van der Waals surface area contributed by atoms with Gasteiger partial charge in [-0.3, -0.25) is 10.6 Å². The molecule has 0 saturated carbocycles. The average molecular weight is 442 g/mol. The van der Waals surface area contributed by atoms with Crippen molar-refractivity contribution in [2.45, 2.75) is 27.3 Å². The highest BCUT2D eigenvalue weighted by Crippen LogP contribution is 2.29. The third-order valence-corrected chi connectivity index (χ3v) is 4.23. The van der Waals surface area contributed by atoms with Gasteiger partial charge in [-0.2, -0.15) is 0 Å². The van der Waals surface area contributed by atoms with Crippen molar-refractivity contribution in [3.63, 3.8) is 0 Å². The molecule has 170 valence electrons. The van der Waals surface area contributed by atoms with Gasteiger partial charge in [0, 0.05) is 12.2 Å². The molecule has 0 radical (unpaired) electrons. The molecule has 0 heterocycles. The van der Waals surface area contributed by atoms with Crippen molar-refractivity contribution >= 4 is 29.2 Å². The summed E-state index contributed by atoms with van der Waals surface area (Å²) >= 11 is 0. The lowest BCUT2D eigenvalue weighted by atomic mass is 10.1. The number of carbonyl (C=O) groups is 2. The normalized spacial score (nSPS) is 10.2. The van der Waals surface area contributed by atoms with Gasteiger partial charge in [-0.25, -0.2) is 14.0 Å². The molecule has 0 aromatic heterocycles. The van der Waals surface area contributed by atoms with E-state index in [1.807, 2.05) is 18.7 Å². The molecule has 0 spiro atoms. The van der Waals surface area contributed by atoms with Gasteiger partial charge in [0.05, 0.1) is 31.1 Å². The zero-order valence-electron chi connectivity index (χ0n) is 18.5. The fraction of sp³-hybridized carbons (Fsp3) is 0.333. The minimum atomic E-state index is -0.648. The van der Waals surface area contributed by atoms with Crippen molar-refractivity contribution in [3.8, 4) is 12.3 Å². The number of benzene rings is 2. The summed E-state index contributed by atoms with van der Waals surface area (Å²) in [7, 11) is 0. The van der Waals surface area contributed by atoms with E-state index < -0.39 is 12.2 Å². The monoisotopic (exact) mass is 441 g/mol. The molecule has 0 aliphatic heterocycles. The number of rotatable bonds is 9. The Balaban J connectivity index is 2.31. The van der Waals surface area contributed by atoms with Crippen LogP contribution in [-0.4, -0.2) is 31.9 Å². The van der Waals surface area contributed by atoms with E-state index in [1.54, 1.807) is 37.3 Å². The Morgan fingerprint density at radius 3 is 2.34 bits per heavy atom. The molecule has 8 heteroatoms. The summed E-state index contributed by atoms with van der Waals surface area (Å²) in [5.41, 5.74) is 2.23. The summed E-state index contributed by atoms with van der Waals surface area (Å²) in [6, 6.07) is 11.2. The first-order valence-corrected chi connectivity index (χ1v) is 10.3. The number of ether oxygens (including phenoxy) is 2. The van der Waals surface area contributed by atoms with Crippen LogP contribution >= 0.6 is 0 Å². The van der Waals surface area contributed by atoms with E-state index in [1.165, 1.54) is 12.1 Å². The van der Waals surface area contributed by atoms with Gasteiger partial charge in [-0.1, -0.05) is 31.9 Å². The Labute approximate surface area is 187 Å². The molecule has 2 aromatic rings. The van der Waals surface area contributed by atoms with E-state index in [0.29, 0.717) is 23.6 Å². The quantitative estimate of drug-likeness (QED) is 0.521. The van der Waals surface area contributed by atoms with Crippen molar-refractivity contribution in [2.24, 2.45) is 5.92 Å². The lowest BCUT2D eigenvalue weighted by Crippen LogP contribution is -2.24. The Morgan fingerprint density at radius 1 is 1.06 bits per heavy atom. The van der Waals surface area contributed by atoms with E-state index in [9.17, 15) is 14.0 Å². The minimum absolute atomic E-state index is 0.172. The van der Waals surface area contributed by atoms with Gasteiger partial charge < -0.3 is 14.4 Å². The largest absolute Gasteiger partial charge is 0.450 e. The maximum absolute atomic E-state index is 13.2. The number of terminal acetylenes is 1. The molecule has 2 rings (SSSR count). The first-order valence-electron chi connectivity index (χ1n) is 10.3. The number of carbonyl (C=O) groups excluding carboxylic acids is 2. The van der Waals surface area contributed by atoms with Crippen LogP contribution < -0.4 is 15.5 Å². The van der Waals surface area contributed by atoms with Gasteiger partial charge in [0.15, 0.2) is 0 Å². The van der Waals surface area contributed by atoms with Crippen molar-refractivity contribution in [1.29, 1.82) is 0 Å². The summed E-state index contributed by atoms with van der Waals surface area (Å²) < 4.78 is 23.4. The van der Waals surface area contributed by atoms with Gasteiger partial charge in [0.25, 0.3) is 0 Å². The highest BCUT2D eigenvalue weighted by Gasteiger charge is 2.15. The smallest absolute Gasteiger partial charge is 0.411 e. The van der Waals surface area contributed by atoms with E-state index in [4.69, 9.17) is 15.9 Å². The van der Waals surface area contributed by atoms with Crippen LogP contribution in [0.25, 0.3) is 0 Å². The van der Waals surface area contributed by atoms with Crippen LogP contribution in [-0.2, 0) is 16.0 Å². The molecule has 0 aliphatic rings.